The van der Waals surface area contributed by atoms with Gasteiger partial charge >= 0.3 is 0 Å². The lowest BCUT2D eigenvalue weighted by molar-refractivity contribution is 0.102. The van der Waals surface area contributed by atoms with E-state index in [1.54, 1.807) is 20.4 Å². The summed E-state index contributed by atoms with van der Waals surface area (Å²) in [5, 5.41) is 10.7. The molecule has 8 heteroatoms. The summed E-state index contributed by atoms with van der Waals surface area (Å²) in [5.41, 5.74) is 0.980. The molecule has 7 nitrogen and oxygen atoms in total. The molecule has 20 heavy (non-hydrogen) atoms. The highest BCUT2D eigenvalue weighted by molar-refractivity contribution is 7.22. The van der Waals surface area contributed by atoms with Crippen molar-refractivity contribution in [2.75, 3.05) is 12.4 Å². The highest BCUT2D eigenvalue weighted by atomic mass is 32.1. The van der Waals surface area contributed by atoms with Gasteiger partial charge in [0.15, 0.2) is 10.8 Å². The van der Waals surface area contributed by atoms with Crippen LogP contribution in [0.4, 0.5) is 5.13 Å². The normalized spacial score (nSPS) is 10.7. The molecule has 0 aliphatic rings. The summed E-state index contributed by atoms with van der Waals surface area (Å²) in [4.78, 5) is 16.3. The van der Waals surface area contributed by atoms with Crippen molar-refractivity contribution in [2.45, 2.75) is 0 Å². The van der Waals surface area contributed by atoms with Gasteiger partial charge in [0.25, 0.3) is 5.91 Å². The highest BCUT2D eigenvalue weighted by Gasteiger charge is 2.14. The van der Waals surface area contributed by atoms with Crippen LogP contribution in [0.1, 0.15) is 10.5 Å². The number of ether oxygens (including phenoxy) is 1. The molecule has 0 spiro atoms. The number of carbonyl (C=O) groups is 1. The number of nitrogens with zero attached hydrogens (tertiary/aromatic N) is 4. The van der Waals surface area contributed by atoms with Crippen molar-refractivity contribution < 1.29 is 9.53 Å². The predicted octanol–water partition coefficient (Wildman–Crippen LogP) is 1.69. The molecular formula is C12H11N5O2S. The number of fused-ring (bicyclic) bond motifs is 1. The maximum atomic E-state index is 12.0. The second kappa shape index (κ2) is 4.89. The van der Waals surface area contributed by atoms with Gasteiger partial charge in [-0.05, 0) is 12.1 Å². The number of anilines is 1. The molecule has 2 aromatic heterocycles. The van der Waals surface area contributed by atoms with Gasteiger partial charge in [0, 0.05) is 7.05 Å². The fraction of sp³-hybridized carbons (Fsp3) is 0.167. The zero-order valence-electron chi connectivity index (χ0n) is 10.8. The van der Waals surface area contributed by atoms with E-state index in [0.717, 1.165) is 10.2 Å². The van der Waals surface area contributed by atoms with Crippen LogP contribution in [0.25, 0.3) is 10.2 Å². The molecule has 3 aromatic rings. The van der Waals surface area contributed by atoms with Crippen molar-refractivity contribution in [3.8, 4) is 5.75 Å². The molecule has 0 unspecified atom stereocenters. The first-order valence-corrected chi connectivity index (χ1v) is 6.60. The van der Waals surface area contributed by atoms with E-state index in [1.165, 1.54) is 16.0 Å². The Morgan fingerprint density at radius 2 is 2.30 bits per heavy atom. The first-order chi connectivity index (χ1) is 9.67. The number of para-hydroxylation sites is 1. The zero-order valence-corrected chi connectivity index (χ0v) is 11.6. The third kappa shape index (κ3) is 2.21. The summed E-state index contributed by atoms with van der Waals surface area (Å²) in [6, 6.07) is 5.64. The first-order valence-electron chi connectivity index (χ1n) is 5.78. The van der Waals surface area contributed by atoms with Crippen LogP contribution in [0.5, 0.6) is 5.75 Å². The van der Waals surface area contributed by atoms with Crippen molar-refractivity contribution in [3.05, 3.63) is 30.1 Å². The van der Waals surface area contributed by atoms with Gasteiger partial charge in [-0.3, -0.25) is 14.8 Å². The van der Waals surface area contributed by atoms with E-state index in [9.17, 15) is 4.79 Å². The third-order valence-electron chi connectivity index (χ3n) is 2.66. The molecule has 102 valence electrons. The summed E-state index contributed by atoms with van der Waals surface area (Å²) in [5.74, 6) is 0.342. The standard InChI is InChI=1S/C12H11N5O2S/c1-17-6-7(15-16-17)11(18)14-12-13-10-8(19-2)4-3-5-9(10)20-12/h3-6H,1-2H3,(H,13,14,18). The quantitative estimate of drug-likeness (QED) is 0.793. The maximum Gasteiger partial charge on any atom is 0.279 e. The lowest BCUT2D eigenvalue weighted by Gasteiger charge is -1.98. The number of thiazole rings is 1. The number of hydrogen-bond donors (Lipinski definition) is 1. The Kier molecular flexibility index (Phi) is 3.07. The topological polar surface area (TPSA) is 81.9 Å². The van der Waals surface area contributed by atoms with Crippen LogP contribution in [0.2, 0.25) is 0 Å². The Morgan fingerprint density at radius 3 is 3.00 bits per heavy atom. The van der Waals surface area contributed by atoms with Gasteiger partial charge in [0.2, 0.25) is 0 Å². The van der Waals surface area contributed by atoms with Crippen LogP contribution >= 0.6 is 11.3 Å². The van der Waals surface area contributed by atoms with Gasteiger partial charge in [-0.25, -0.2) is 4.98 Å². The molecule has 1 amide bonds. The van der Waals surface area contributed by atoms with E-state index in [2.05, 4.69) is 20.6 Å². The molecule has 0 radical (unpaired) electrons. The second-order valence-corrected chi connectivity index (χ2v) is 5.09. The van der Waals surface area contributed by atoms with Crippen molar-refractivity contribution in [2.24, 2.45) is 7.05 Å². The SMILES string of the molecule is COc1cccc2sc(NC(=O)c3cn(C)nn3)nc12. The van der Waals surface area contributed by atoms with Crippen LogP contribution in [-0.4, -0.2) is 33.0 Å². The number of aromatic nitrogens is 4. The van der Waals surface area contributed by atoms with E-state index >= 15 is 0 Å². The number of hydrogen-bond acceptors (Lipinski definition) is 6. The van der Waals surface area contributed by atoms with Crippen molar-refractivity contribution in [1.82, 2.24) is 20.0 Å². The Balaban J connectivity index is 1.89. The monoisotopic (exact) mass is 289 g/mol. The molecule has 0 bridgehead atoms. The molecule has 1 aromatic carbocycles. The zero-order chi connectivity index (χ0) is 14.1. The summed E-state index contributed by atoms with van der Waals surface area (Å²) in [6.45, 7) is 0. The molecule has 0 saturated heterocycles. The van der Waals surface area contributed by atoms with Crippen LogP contribution in [0, 0.1) is 0 Å². The number of benzene rings is 1. The molecule has 1 N–H and O–H groups in total. The lowest BCUT2D eigenvalue weighted by Crippen LogP contribution is -2.12. The van der Waals surface area contributed by atoms with Crippen LogP contribution in [0.15, 0.2) is 24.4 Å². The summed E-state index contributed by atoms with van der Waals surface area (Å²) < 4.78 is 7.65. The second-order valence-electron chi connectivity index (χ2n) is 4.06. The fourth-order valence-electron chi connectivity index (χ4n) is 1.75. The largest absolute Gasteiger partial charge is 0.494 e. The maximum absolute atomic E-state index is 12.0. The number of amides is 1. The Labute approximate surface area is 118 Å². The number of aryl methyl sites for hydroxylation is 1. The number of carbonyl (C=O) groups excluding carboxylic acids is 1. The summed E-state index contributed by atoms with van der Waals surface area (Å²) in [7, 11) is 3.29. The number of rotatable bonds is 3. The van der Waals surface area contributed by atoms with Gasteiger partial charge in [0.1, 0.15) is 11.3 Å². The van der Waals surface area contributed by atoms with Crippen molar-refractivity contribution in [3.63, 3.8) is 0 Å². The van der Waals surface area contributed by atoms with Gasteiger partial charge in [-0.15, -0.1) is 5.10 Å². The van der Waals surface area contributed by atoms with Crippen molar-refractivity contribution >= 4 is 32.6 Å². The summed E-state index contributed by atoms with van der Waals surface area (Å²) >= 11 is 1.38. The molecular weight excluding hydrogens is 278 g/mol. The predicted molar refractivity (Wildman–Crippen MR) is 75.1 cm³/mol. The van der Waals surface area contributed by atoms with E-state index < -0.39 is 0 Å². The Morgan fingerprint density at radius 1 is 1.45 bits per heavy atom. The minimum Gasteiger partial charge on any atom is -0.494 e. The molecule has 0 saturated carbocycles. The van der Waals surface area contributed by atoms with Gasteiger partial charge in [0.05, 0.1) is 18.0 Å². The van der Waals surface area contributed by atoms with Gasteiger partial charge < -0.3 is 4.74 Å². The van der Waals surface area contributed by atoms with E-state index in [1.807, 2.05) is 18.2 Å². The molecule has 0 aliphatic carbocycles. The average Bonchev–Trinajstić information content (AvgIpc) is 3.03. The lowest BCUT2D eigenvalue weighted by atomic mass is 10.3. The average molecular weight is 289 g/mol. The third-order valence-corrected chi connectivity index (χ3v) is 3.59. The van der Waals surface area contributed by atoms with Crippen molar-refractivity contribution in [1.29, 1.82) is 0 Å². The van der Waals surface area contributed by atoms with Crippen LogP contribution in [-0.2, 0) is 7.05 Å². The Bertz CT molecular complexity index is 779. The smallest absolute Gasteiger partial charge is 0.279 e. The van der Waals surface area contributed by atoms with Gasteiger partial charge in [-0.2, -0.15) is 0 Å². The molecule has 3 rings (SSSR count). The van der Waals surface area contributed by atoms with E-state index in [-0.39, 0.29) is 11.6 Å². The minimum absolute atomic E-state index is 0.249. The first kappa shape index (κ1) is 12.5. The van der Waals surface area contributed by atoms with Crippen LogP contribution in [0.3, 0.4) is 0 Å². The van der Waals surface area contributed by atoms with Crippen LogP contribution < -0.4 is 10.1 Å². The molecule has 0 fully saturated rings. The molecule has 0 atom stereocenters. The summed E-state index contributed by atoms with van der Waals surface area (Å²) in [6.07, 6.45) is 1.54. The Hall–Kier alpha value is -2.48. The minimum atomic E-state index is -0.337. The highest BCUT2D eigenvalue weighted by Crippen LogP contribution is 2.32. The molecule has 2 heterocycles. The number of nitrogens with one attached hydrogen (secondary N) is 1. The molecule has 0 aliphatic heterocycles. The van der Waals surface area contributed by atoms with E-state index in [4.69, 9.17) is 4.74 Å². The van der Waals surface area contributed by atoms with E-state index in [0.29, 0.717) is 10.9 Å². The number of methoxy groups -OCH3 is 1. The fourth-order valence-corrected chi connectivity index (χ4v) is 2.63. The van der Waals surface area contributed by atoms with Gasteiger partial charge in [-0.1, -0.05) is 22.6 Å².